The molecule has 0 amide bonds. The molecule has 2 rings (SSSR count). The molecule has 1 nitrogen and oxygen atoms in total. The van der Waals surface area contributed by atoms with E-state index in [-0.39, 0.29) is 7.43 Å². The first-order chi connectivity index (χ1) is 7.36. The summed E-state index contributed by atoms with van der Waals surface area (Å²) in [5.74, 6) is 0. The summed E-state index contributed by atoms with van der Waals surface area (Å²) < 4.78 is 0. The Hall–Kier alpha value is -0.980. The molecule has 0 saturated carbocycles. The standard InChI is InChI=1S/C12H17N.C2H6.CH4/c1-11-5-7-12(8-6-11)13-9-3-2-4-10-13;1-2;/h5-8H,2-4,9-10H2,1H3;1-2H3;1H4. The van der Waals surface area contributed by atoms with Crippen molar-refractivity contribution in [2.75, 3.05) is 18.0 Å². The second-order valence-electron chi connectivity index (χ2n) is 3.88. The van der Waals surface area contributed by atoms with Gasteiger partial charge in [-0.3, -0.25) is 0 Å². The van der Waals surface area contributed by atoms with Crippen LogP contribution in [-0.4, -0.2) is 13.1 Å². The lowest BCUT2D eigenvalue weighted by Gasteiger charge is -2.28. The van der Waals surface area contributed by atoms with E-state index in [4.69, 9.17) is 0 Å². The molecule has 0 N–H and O–H groups in total. The Kier molecular flexibility index (Phi) is 7.70. The van der Waals surface area contributed by atoms with Crippen LogP contribution < -0.4 is 4.90 Å². The fraction of sp³-hybridized carbons (Fsp3) is 0.600. The first kappa shape index (κ1) is 15.0. The van der Waals surface area contributed by atoms with E-state index >= 15 is 0 Å². The van der Waals surface area contributed by atoms with E-state index in [2.05, 4.69) is 36.1 Å². The van der Waals surface area contributed by atoms with Crippen molar-refractivity contribution >= 4 is 5.69 Å². The molecule has 1 aliphatic heterocycles. The third-order valence-corrected chi connectivity index (χ3v) is 2.76. The Morgan fingerprint density at radius 3 is 1.88 bits per heavy atom. The minimum Gasteiger partial charge on any atom is -0.372 e. The molecule has 0 bridgehead atoms. The van der Waals surface area contributed by atoms with Crippen molar-refractivity contribution in [3.63, 3.8) is 0 Å². The highest BCUT2D eigenvalue weighted by atomic mass is 15.1. The van der Waals surface area contributed by atoms with Gasteiger partial charge in [0.1, 0.15) is 0 Å². The normalized spacial score (nSPS) is 14.6. The quantitative estimate of drug-likeness (QED) is 0.667. The summed E-state index contributed by atoms with van der Waals surface area (Å²) in [6, 6.07) is 8.87. The summed E-state index contributed by atoms with van der Waals surface area (Å²) in [5.41, 5.74) is 2.74. The van der Waals surface area contributed by atoms with Crippen molar-refractivity contribution in [3.05, 3.63) is 29.8 Å². The molecule has 0 spiro atoms. The molecule has 16 heavy (non-hydrogen) atoms. The molecular formula is C15H27N. The Bertz CT molecular complexity index is 257. The van der Waals surface area contributed by atoms with Gasteiger partial charge in [0.15, 0.2) is 0 Å². The van der Waals surface area contributed by atoms with Crippen molar-refractivity contribution in [2.24, 2.45) is 0 Å². The highest BCUT2D eigenvalue weighted by Gasteiger charge is 2.09. The Morgan fingerprint density at radius 2 is 1.38 bits per heavy atom. The van der Waals surface area contributed by atoms with Crippen LogP contribution in [0.3, 0.4) is 0 Å². The fourth-order valence-corrected chi connectivity index (χ4v) is 1.91. The SMILES string of the molecule is C.CC.Cc1ccc(N2CCCCC2)cc1. The number of aryl methyl sites for hydroxylation is 1. The fourth-order valence-electron chi connectivity index (χ4n) is 1.91. The maximum absolute atomic E-state index is 2.49. The van der Waals surface area contributed by atoms with E-state index in [1.54, 1.807) is 0 Å². The van der Waals surface area contributed by atoms with E-state index in [1.165, 1.54) is 43.6 Å². The first-order valence-corrected chi connectivity index (χ1v) is 6.18. The zero-order valence-corrected chi connectivity index (χ0v) is 10.3. The molecule has 92 valence electrons. The molecule has 0 atom stereocenters. The molecule has 1 aliphatic rings. The van der Waals surface area contributed by atoms with Gasteiger partial charge in [-0.1, -0.05) is 39.0 Å². The number of nitrogens with zero attached hydrogens (tertiary/aromatic N) is 1. The van der Waals surface area contributed by atoms with Gasteiger partial charge in [0.05, 0.1) is 0 Å². The van der Waals surface area contributed by atoms with Crippen LogP contribution in [0.25, 0.3) is 0 Å². The summed E-state index contributed by atoms with van der Waals surface area (Å²) in [6.07, 6.45) is 4.12. The largest absolute Gasteiger partial charge is 0.372 e. The molecule has 0 unspecified atom stereocenters. The van der Waals surface area contributed by atoms with Crippen LogP contribution in [0.15, 0.2) is 24.3 Å². The molecule has 1 aromatic rings. The van der Waals surface area contributed by atoms with Crippen molar-refractivity contribution in [2.45, 2.75) is 47.5 Å². The average Bonchev–Trinajstić information content (AvgIpc) is 2.34. The molecule has 1 aromatic carbocycles. The third-order valence-electron chi connectivity index (χ3n) is 2.76. The van der Waals surface area contributed by atoms with Crippen molar-refractivity contribution in [3.8, 4) is 0 Å². The zero-order chi connectivity index (χ0) is 11.1. The van der Waals surface area contributed by atoms with Crippen LogP contribution in [0.1, 0.15) is 46.1 Å². The smallest absolute Gasteiger partial charge is 0.0366 e. The number of anilines is 1. The molecule has 1 fully saturated rings. The molecular weight excluding hydrogens is 194 g/mol. The number of rotatable bonds is 1. The third kappa shape index (κ3) is 4.26. The summed E-state index contributed by atoms with van der Waals surface area (Å²) >= 11 is 0. The minimum atomic E-state index is 0. The number of hydrogen-bond acceptors (Lipinski definition) is 1. The predicted octanol–water partition coefficient (Wildman–Crippen LogP) is 4.65. The molecule has 0 aromatic heterocycles. The van der Waals surface area contributed by atoms with Gasteiger partial charge in [-0.2, -0.15) is 0 Å². The topological polar surface area (TPSA) is 3.24 Å². The number of benzene rings is 1. The number of hydrogen-bond donors (Lipinski definition) is 0. The van der Waals surface area contributed by atoms with Crippen LogP contribution in [0.2, 0.25) is 0 Å². The number of piperidine rings is 1. The average molecular weight is 221 g/mol. The van der Waals surface area contributed by atoms with Crippen molar-refractivity contribution in [1.82, 2.24) is 0 Å². The van der Waals surface area contributed by atoms with Gasteiger partial charge in [-0.15, -0.1) is 0 Å². The summed E-state index contributed by atoms with van der Waals surface area (Å²) in [5, 5.41) is 0. The molecule has 0 aliphatic carbocycles. The van der Waals surface area contributed by atoms with Gasteiger partial charge in [0.2, 0.25) is 0 Å². The Morgan fingerprint density at radius 1 is 0.875 bits per heavy atom. The lowest BCUT2D eigenvalue weighted by molar-refractivity contribution is 0.578. The van der Waals surface area contributed by atoms with E-state index in [1.807, 2.05) is 13.8 Å². The molecule has 1 heteroatoms. The predicted molar refractivity (Wildman–Crippen MR) is 75.3 cm³/mol. The van der Waals surface area contributed by atoms with Gasteiger partial charge in [-0.05, 0) is 38.3 Å². The highest BCUT2D eigenvalue weighted by molar-refractivity contribution is 5.47. The van der Waals surface area contributed by atoms with Gasteiger partial charge < -0.3 is 4.90 Å². The Labute approximate surface area is 101 Å². The zero-order valence-electron chi connectivity index (χ0n) is 10.3. The van der Waals surface area contributed by atoms with Gasteiger partial charge >= 0.3 is 0 Å². The maximum atomic E-state index is 2.49. The van der Waals surface area contributed by atoms with Crippen LogP contribution in [0.5, 0.6) is 0 Å². The van der Waals surface area contributed by atoms with Gasteiger partial charge in [-0.25, -0.2) is 0 Å². The minimum absolute atomic E-state index is 0. The summed E-state index contributed by atoms with van der Waals surface area (Å²) in [4.78, 5) is 2.49. The summed E-state index contributed by atoms with van der Waals surface area (Å²) in [7, 11) is 0. The lowest BCUT2D eigenvalue weighted by atomic mass is 10.1. The second-order valence-corrected chi connectivity index (χ2v) is 3.88. The molecule has 1 saturated heterocycles. The van der Waals surface area contributed by atoms with Crippen LogP contribution in [0.4, 0.5) is 5.69 Å². The van der Waals surface area contributed by atoms with Crippen LogP contribution in [-0.2, 0) is 0 Å². The first-order valence-electron chi connectivity index (χ1n) is 6.18. The Balaban J connectivity index is 0.000000711. The van der Waals surface area contributed by atoms with Gasteiger partial charge in [0.25, 0.3) is 0 Å². The second kappa shape index (κ2) is 8.20. The van der Waals surface area contributed by atoms with E-state index in [0.717, 1.165) is 0 Å². The van der Waals surface area contributed by atoms with E-state index in [9.17, 15) is 0 Å². The van der Waals surface area contributed by atoms with E-state index < -0.39 is 0 Å². The van der Waals surface area contributed by atoms with Crippen LogP contribution in [0, 0.1) is 6.92 Å². The summed E-state index contributed by atoms with van der Waals surface area (Å²) in [6.45, 7) is 8.62. The maximum Gasteiger partial charge on any atom is 0.0366 e. The molecule has 0 radical (unpaired) electrons. The highest BCUT2D eigenvalue weighted by Crippen LogP contribution is 2.19. The van der Waals surface area contributed by atoms with E-state index in [0.29, 0.717) is 0 Å². The lowest BCUT2D eigenvalue weighted by Crippen LogP contribution is -2.29. The monoisotopic (exact) mass is 221 g/mol. The van der Waals surface area contributed by atoms with Crippen molar-refractivity contribution < 1.29 is 0 Å². The molecule has 1 heterocycles. The van der Waals surface area contributed by atoms with Gasteiger partial charge in [0, 0.05) is 18.8 Å². The van der Waals surface area contributed by atoms with Crippen LogP contribution >= 0.6 is 0 Å². The van der Waals surface area contributed by atoms with Crippen molar-refractivity contribution in [1.29, 1.82) is 0 Å².